The monoisotopic (exact) mass is 452 g/mol. The first-order valence-electron chi connectivity index (χ1n) is 10.1. The maximum absolute atomic E-state index is 12.9. The minimum absolute atomic E-state index is 0.127. The summed E-state index contributed by atoms with van der Waals surface area (Å²) < 4.78 is 2.85. The lowest BCUT2D eigenvalue weighted by Crippen LogP contribution is -2.18. The molecule has 1 N–H and O–H groups in total. The van der Waals surface area contributed by atoms with Crippen LogP contribution in [0.25, 0.3) is 5.69 Å². The summed E-state index contributed by atoms with van der Waals surface area (Å²) in [4.78, 5) is 15.3. The van der Waals surface area contributed by atoms with E-state index in [0.717, 1.165) is 28.1 Å². The van der Waals surface area contributed by atoms with Crippen molar-refractivity contribution in [2.45, 2.75) is 32.7 Å². The van der Waals surface area contributed by atoms with Crippen LogP contribution in [0.1, 0.15) is 41.4 Å². The molecule has 1 aromatic heterocycles. The zero-order chi connectivity index (χ0) is 20.2. The molecule has 0 unspecified atom stereocenters. The topological polar surface area (TPSA) is 50.2 Å². The van der Waals surface area contributed by atoms with Gasteiger partial charge < -0.3 is 5.32 Å². The average Bonchev–Trinajstić information content (AvgIpc) is 3.39. The average molecular weight is 453 g/mol. The van der Waals surface area contributed by atoms with Gasteiger partial charge >= 0.3 is 0 Å². The van der Waals surface area contributed by atoms with Crippen LogP contribution < -0.4 is 5.32 Å². The highest BCUT2D eigenvalue weighted by Gasteiger charge is 2.17. The number of hydrogen-bond acceptors (Lipinski definition) is 3. The Morgan fingerprint density at radius 3 is 2.41 bits per heavy atom. The summed E-state index contributed by atoms with van der Waals surface area (Å²) in [5, 5.41) is 7.47. The quantitative estimate of drug-likeness (QED) is 0.569. The van der Waals surface area contributed by atoms with E-state index in [1.807, 2.05) is 48.0 Å². The van der Waals surface area contributed by atoms with Crippen molar-refractivity contribution in [3.63, 3.8) is 0 Å². The van der Waals surface area contributed by atoms with E-state index in [1.54, 1.807) is 6.20 Å². The molecule has 5 nitrogen and oxygen atoms in total. The molecule has 0 bridgehead atoms. The minimum Gasteiger partial charge on any atom is -0.322 e. The van der Waals surface area contributed by atoms with Gasteiger partial charge in [-0.1, -0.05) is 35.0 Å². The van der Waals surface area contributed by atoms with Gasteiger partial charge in [-0.2, -0.15) is 5.10 Å². The van der Waals surface area contributed by atoms with Crippen molar-refractivity contribution in [2.75, 3.05) is 18.4 Å². The summed E-state index contributed by atoms with van der Waals surface area (Å²) in [6.07, 6.45) is 4.95. The smallest absolute Gasteiger partial charge is 0.259 e. The van der Waals surface area contributed by atoms with Crippen molar-refractivity contribution < 1.29 is 4.79 Å². The summed E-state index contributed by atoms with van der Waals surface area (Å²) in [7, 11) is 0. The van der Waals surface area contributed by atoms with E-state index in [-0.39, 0.29) is 5.91 Å². The first kappa shape index (κ1) is 19.9. The molecule has 0 radical (unpaired) electrons. The molecule has 1 saturated heterocycles. The molecule has 29 heavy (non-hydrogen) atoms. The standard InChI is InChI=1S/C23H25BrN4O/c1-2-22-21(15-25-28(22)20-11-7-18(24)8-12-20)23(29)26-19-9-5-17(6-10-19)16-27-13-3-4-14-27/h5-12,15H,2-4,13-14,16H2,1H3,(H,26,29). The molecule has 1 aliphatic rings. The predicted molar refractivity (Wildman–Crippen MR) is 120 cm³/mol. The molecule has 0 aliphatic carbocycles. The van der Waals surface area contributed by atoms with Gasteiger partial charge in [0, 0.05) is 16.7 Å². The normalized spacial score (nSPS) is 14.3. The molecule has 6 heteroatoms. The number of amides is 1. The number of carbonyl (C=O) groups excluding carboxylic acids is 1. The summed E-state index contributed by atoms with van der Waals surface area (Å²) in [6, 6.07) is 16.1. The van der Waals surface area contributed by atoms with Gasteiger partial charge in [0.2, 0.25) is 0 Å². The van der Waals surface area contributed by atoms with E-state index < -0.39 is 0 Å². The molecular formula is C23H25BrN4O. The maximum atomic E-state index is 12.9. The first-order chi connectivity index (χ1) is 14.1. The number of anilines is 1. The van der Waals surface area contributed by atoms with Crippen molar-refractivity contribution in [1.29, 1.82) is 0 Å². The molecule has 150 valence electrons. The Hall–Kier alpha value is -2.44. The van der Waals surface area contributed by atoms with Crippen LogP contribution in [0.15, 0.2) is 59.2 Å². The van der Waals surface area contributed by atoms with Gasteiger partial charge in [0.1, 0.15) is 0 Å². The molecule has 3 aromatic rings. The number of benzene rings is 2. The lowest BCUT2D eigenvalue weighted by atomic mass is 10.1. The second kappa shape index (κ2) is 8.93. The number of halogens is 1. The number of aromatic nitrogens is 2. The van der Waals surface area contributed by atoms with Crippen molar-refractivity contribution in [3.05, 3.63) is 76.0 Å². The minimum atomic E-state index is -0.127. The Bertz CT molecular complexity index is 973. The number of nitrogens with zero attached hydrogens (tertiary/aromatic N) is 3. The third kappa shape index (κ3) is 4.60. The van der Waals surface area contributed by atoms with E-state index in [9.17, 15) is 4.79 Å². The lowest BCUT2D eigenvalue weighted by Gasteiger charge is -2.14. The summed E-state index contributed by atoms with van der Waals surface area (Å²) in [5.74, 6) is -0.127. The molecule has 1 aliphatic heterocycles. The van der Waals surface area contributed by atoms with Crippen LogP contribution in [0.4, 0.5) is 5.69 Å². The number of hydrogen-bond donors (Lipinski definition) is 1. The van der Waals surface area contributed by atoms with E-state index in [4.69, 9.17) is 0 Å². The highest BCUT2D eigenvalue weighted by atomic mass is 79.9. The maximum Gasteiger partial charge on any atom is 0.259 e. The number of nitrogens with one attached hydrogen (secondary N) is 1. The van der Waals surface area contributed by atoms with Crippen LogP contribution in [0.5, 0.6) is 0 Å². The second-order valence-electron chi connectivity index (χ2n) is 7.38. The fraction of sp³-hybridized carbons (Fsp3) is 0.304. The largest absolute Gasteiger partial charge is 0.322 e. The van der Waals surface area contributed by atoms with Gasteiger partial charge in [-0.3, -0.25) is 9.69 Å². The Morgan fingerprint density at radius 2 is 1.76 bits per heavy atom. The van der Waals surface area contributed by atoms with Crippen LogP contribution in [-0.2, 0) is 13.0 Å². The van der Waals surface area contributed by atoms with Crippen molar-refractivity contribution in [2.24, 2.45) is 0 Å². The van der Waals surface area contributed by atoms with E-state index in [2.05, 4.69) is 43.4 Å². The Labute approximate surface area is 179 Å². The summed E-state index contributed by atoms with van der Waals surface area (Å²) in [5.41, 5.74) is 4.53. The van der Waals surface area contributed by atoms with Crippen molar-refractivity contribution >= 4 is 27.5 Å². The molecule has 0 atom stereocenters. The van der Waals surface area contributed by atoms with E-state index in [0.29, 0.717) is 12.0 Å². The van der Waals surface area contributed by atoms with Crippen LogP contribution in [-0.4, -0.2) is 33.7 Å². The molecular weight excluding hydrogens is 428 g/mol. The van der Waals surface area contributed by atoms with Gasteiger partial charge in [0.15, 0.2) is 0 Å². The van der Waals surface area contributed by atoms with Crippen LogP contribution in [0.2, 0.25) is 0 Å². The number of carbonyl (C=O) groups is 1. The third-order valence-electron chi connectivity index (χ3n) is 5.34. The SMILES string of the molecule is CCc1c(C(=O)Nc2ccc(CN3CCCC3)cc2)cnn1-c1ccc(Br)cc1. The molecule has 1 fully saturated rings. The highest BCUT2D eigenvalue weighted by Crippen LogP contribution is 2.20. The van der Waals surface area contributed by atoms with Crippen LogP contribution in [0, 0.1) is 0 Å². The number of likely N-dealkylation sites (tertiary alicyclic amines) is 1. The summed E-state index contributed by atoms with van der Waals surface area (Å²) >= 11 is 3.45. The van der Waals surface area contributed by atoms with Crippen molar-refractivity contribution in [1.82, 2.24) is 14.7 Å². The molecule has 0 spiro atoms. The predicted octanol–water partition coefficient (Wildman–Crippen LogP) is 5.05. The Morgan fingerprint density at radius 1 is 1.07 bits per heavy atom. The fourth-order valence-corrected chi connectivity index (χ4v) is 4.06. The fourth-order valence-electron chi connectivity index (χ4n) is 3.80. The van der Waals surface area contributed by atoms with E-state index >= 15 is 0 Å². The Kier molecular flexibility index (Phi) is 6.11. The molecule has 0 saturated carbocycles. The summed E-state index contributed by atoms with van der Waals surface area (Å²) in [6.45, 7) is 5.38. The molecule has 1 amide bonds. The highest BCUT2D eigenvalue weighted by molar-refractivity contribution is 9.10. The van der Waals surface area contributed by atoms with E-state index in [1.165, 1.54) is 31.5 Å². The molecule has 4 rings (SSSR count). The van der Waals surface area contributed by atoms with Gasteiger partial charge in [-0.25, -0.2) is 4.68 Å². The molecule has 2 heterocycles. The zero-order valence-corrected chi connectivity index (χ0v) is 18.2. The van der Waals surface area contributed by atoms with Gasteiger partial charge in [0.25, 0.3) is 5.91 Å². The zero-order valence-electron chi connectivity index (χ0n) is 16.6. The van der Waals surface area contributed by atoms with Crippen LogP contribution in [0.3, 0.4) is 0 Å². The Balaban J connectivity index is 1.47. The van der Waals surface area contributed by atoms with Gasteiger partial charge in [-0.15, -0.1) is 0 Å². The lowest BCUT2D eigenvalue weighted by molar-refractivity contribution is 0.102. The molecule has 2 aromatic carbocycles. The van der Waals surface area contributed by atoms with Gasteiger partial charge in [0.05, 0.1) is 23.1 Å². The first-order valence-corrected chi connectivity index (χ1v) is 10.9. The second-order valence-corrected chi connectivity index (χ2v) is 8.30. The third-order valence-corrected chi connectivity index (χ3v) is 5.86. The van der Waals surface area contributed by atoms with Crippen LogP contribution >= 0.6 is 15.9 Å². The number of rotatable bonds is 6. The van der Waals surface area contributed by atoms with Gasteiger partial charge in [-0.05, 0) is 74.3 Å². The van der Waals surface area contributed by atoms with Crippen molar-refractivity contribution in [3.8, 4) is 5.69 Å².